The molecule has 2 aromatic rings. The van der Waals surface area contributed by atoms with E-state index in [1.54, 1.807) is 6.07 Å². The van der Waals surface area contributed by atoms with Gasteiger partial charge in [-0.1, -0.05) is 12.1 Å². The Morgan fingerprint density at radius 3 is 2.07 bits per heavy atom. The predicted octanol–water partition coefficient (Wildman–Crippen LogP) is 2.91. The monoisotopic (exact) mass is 373 g/mol. The van der Waals surface area contributed by atoms with E-state index in [1.807, 2.05) is 24.3 Å². The summed E-state index contributed by atoms with van der Waals surface area (Å²) in [5.41, 5.74) is 2.57. The Bertz CT molecular complexity index is 812. The number of hydrogen-bond acceptors (Lipinski definition) is 6. The smallest absolute Gasteiger partial charge is 0.339 e. The number of anilines is 1. The van der Waals surface area contributed by atoms with Crippen molar-refractivity contribution in [3.63, 3.8) is 0 Å². The van der Waals surface area contributed by atoms with Gasteiger partial charge in [0.25, 0.3) is 0 Å². The Labute approximate surface area is 158 Å². The van der Waals surface area contributed by atoms with Gasteiger partial charge in [0.15, 0.2) is 11.5 Å². The second-order valence-electron chi connectivity index (χ2n) is 6.02. The summed E-state index contributed by atoms with van der Waals surface area (Å²) >= 11 is 0. The highest BCUT2D eigenvalue weighted by molar-refractivity contribution is 5.96. The molecule has 1 saturated heterocycles. The Balaban J connectivity index is 2.07. The number of carboxylic acid groups (broad SMARTS) is 1. The SMILES string of the molecule is COc1c(C(=O)O)cc(-c2ccc(N3CCOCC3)cc2)c(OC)c1OC. The van der Waals surface area contributed by atoms with Crippen molar-refractivity contribution in [2.75, 3.05) is 52.5 Å². The first-order chi connectivity index (χ1) is 13.1. The molecule has 0 spiro atoms. The molecule has 7 nitrogen and oxygen atoms in total. The summed E-state index contributed by atoms with van der Waals surface area (Å²) in [4.78, 5) is 13.9. The zero-order valence-corrected chi connectivity index (χ0v) is 15.7. The van der Waals surface area contributed by atoms with Gasteiger partial charge in [-0.25, -0.2) is 4.79 Å². The van der Waals surface area contributed by atoms with Crippen molar-refractivity contribution < 1.29 is 28.8 Å². The maximum absolute atomic E-state index is 11.7. The van der Waals surface area contributed by atoms with E-state index in [-0.39, 0.29) is 17.1 Å². The molecule has 1 heterocycles. The van der Waals surface area contributed by atoms with Gasteiger partial charge in [-0.2, -0.15) is 0 Å². The van der Waals surface area contributed by atoms with Crippen molar-refractivity contribution >= 4 is 11.7 Å². The van der Waals surface area contributed by atoms with Gasteiger partial charge in [0.2, 0.25) is 5.75 Å². The molecule has 2 aromatic carbocycles. The number of nitrogens with zero attached hydrogens (tertiary/aromatic N) is 1. The first-order valence-electron chi connectivity index (χ1n) is 8.60. The lowest BCUT2D eigenvalue weighted by Gasteiger charge is -2.29. The molecule has 1 N–H and O–H groups in total. The van der Waals surface area contributed by atoms with E-state index in [4.69, 9.17) is 18.9 Å². The highest BCUT2D eigenvalue weighted by Gasteiger charge is 2.25. The summed E-state index contributed by atoms with van der Waals surface area (Å²) in [6.45, 7) is 3.13. The van der Waals surface area contributed by atoms with E-state index in [2.05, 4.69) is 4.90 Å². The maximum Gasteiger partial charge on any atom is 0.339 e. The van der Waals surface area contributed by atoms with Crippen LogP contribution in [0.25, 0.3) is 11.1 Å². The van der Waals surface area contributed by atoms with E-state index >= 15 is 0 Å². The van der Waals surface area contributed by atoms with Crippen LogP contribution < -0.4 is 19.1 Å². The third-order valence-electron chi connectivity index (χ3n) is 4.59. The van der Waals surface area contributed by atoms with Gasteiger partial charge in [-0.05, 0) is 23.8 Å². The minimum absolute atomic E-state index is 0.0161. The van der Waals surface area contributed by atoms with E-state index in [1.165, 1.54) is 21.3 Å². The van der Waals surface area contributed by atoms with Crippen LogP contribution in [-0.2, 0) is 4.74 Å². The number of carboxylic acids is 1. The van der Waals surface area contributed by atoms with Crippen LogP contribution in [-0.4, -0.2) is 58.7 Å². The summed E-state index contributed by atoms with van der Waals surface area (Å²) < 4.78 is 21.6. The molecule has 0 radical (unpaired) electrons. The number of rotatable bonds is 6. The molecule has 3 rings (SSSR count). The molecule has 0 aliphatic carbocycles. The summed E-state index contributed by atoms with van der Waals surface area (Å²) in [5, 5.41) is 9.57. The number of benzene rings is 2. The summed E-state index contributed by atoms with van der Waals surface area (Å²) in [6.07, 6.45) is 0. The standard InChI is InChI=1S/C20H23NO6/c1-24-17-15(12-16(20(22)23)18(25-2)19(17)26-3)13-4-6-14(7-5-13)21-8-10-27-11-9-21/h4-7,12H,8-11H2,1-3H3,(H,22,23). The quantitative estimate of drug-likeness (QED) is 0.834. The average molecular weight is 373 g/mol. The molecule has 1 aliphatic rings. The molecular formula is C20H23NO6. The third kappa shape index (κ3) is 3.64. The fourth-order valence-electron chi connectivity index (χ4n) is 3.26. The van der Waals surface area contributed by atoms with Crippen LogP contribution >= 0.6 is 0 Å². The first kappa shape index (κ1) is 18.8. The largest absolute Gasteiger partial charge is 0.492 e. The topological polar surface area (TPSA) is 77.5 Å². The summed E-state index contributed by atoms with van der Waals surface area (Å²) in [6, 6.07) is 9.46. The first-order valence-corrected chi connectivity index (χ1v) is 8.60. The van der Waals surface area contributed by atoms with Gasteiger partial charge in [0.05, 0.1) is 34.5 Å². The predicted molar refractivity (Wildman–Crippen MR) is 102 cm³/mol. The van der Waals surface area contributed by atoms with Crippen molar-refractivity contribution in [2.24, 2.45) is 0 Å². The van der Waals surface area contributed by atoms with E-state index < -0.39 is 5.97 Å². The molecule has 0 unspecified atom stereocenters. The molecule has 0 saturated carbocycles. The molecule has 144 valence electrons. The summed E-state index contributed by atoms with van der Waals surface area (Å²) in [5.74, 6) is -0.278. The molecule has 27 heavy (non-hydrogen) atoms. The number of hydrogen-bond donors (Lipinski definition) is 1. The Hall–Kier alpha value is -2.93. The minimum atomic E-state index is -1.10. The van der Waals surface area contributed by atoms with E-state index in [0.29, 0.717) is 24.5 Å². The summed E-state index contributed by atoms with van der Waals surface area (Å²) in [7, 11) is 4.38. The molecule has 0 amide bonds. The number of aromatic carboxylic acids is 1. The van der Waals surface area contributed by atoms with Crippen LogP contribution in [0.2, 0.25) is 0 Å². The lowest BCUT2D eigenvalue weighted by molar-refractivity contribution is 0.0692. The molecule has 0 bridgehead atoms. The van der Waals surface area contributed by atoms with Crippen molar-refractivity contribution in [3.8, 4) is 28.4 Å². The fourth-order valence-corrected chi connectivity index (χ4v) is 3.26. The van der Waals surface area contributed by atoms with E-state index in [0.717, 1.165) is 24.3 Å². The van der Waals surface area contributed by atoms with Crippen molar-refractivity contribution in [3.05, 3.63) is 35.9 Å². The lowest BCUT2D eigenvalue weighted by Crippen LogP contribution is -2.36. The number of ether oxygens (including phenoxy) is 4. The maximum atomic E-state index is 11.7. The van der Waals surface area contributed by atoms with Crippen LogP contribution in [0.5, 0.6) is 17.2 Å². The van der Waals surface area contributed by atoms with Crippen molar-refractivity contribution in [1.82, 2.24) is 0 Å². The van der Waals surface area contributed by atoms with Gasteiger partial charge >= 0.3 is 5.97 Å². The fraction of sp³-hybridized carbons (Fsp3) is 0.350. The Kier molecular flexibility index (Phi) is 5.71. The highest BCUT2D eigenvalue weighted by Crippen LogP contribution is 2.46. The highest BCUT2D eigenvalue weighted by atomic mass is 16.5. The molecular weight excluding hydrogens is 350 g/mol. The molecule has 1 fully saturated rings. The number of carbonyl (C=O) groups is 1. The molecule has 0 aromatic heterocycles. The van der Waals surface area contributed by atoms with Gasteiger partial charge in [0.1, 0.15) is 5.56 Å². The van der Waals surface area contributed by atoms with Crippen LogP contribution in [0.4, 0.5) is 5.69 Å². The van der Waals surface area contributed by atoms with Crippen LogP contribution in [0.3, 0.4) is 0 Å². The zero-order chi connectivity index (χ0) is 19.4. The van der Waals surface area contributed by atoms with Gasteiger partial charge in [-0.3, -0.25) is 0 Å². The van der Waals surface area contributed by atoms with Crippen LogP contribution in [0.15, 0.2) is 30.3 Å². The second-order valence-corrected chi connectivity index (χ2v) is 6.02. The minimum Gasteiger partial charge on any atom is -0.492 e. The number of methoxy groups -OCH3 is 3. The van der Waals surface area contributed by atoms with Crippen molar-refractivity contribution in [1.29, 1.82) is 0 Å². The van der Waals surface area contributed by atoms with Crippen LogP contribution in [0.1, 0.15) is 10.4 Å². The van der Waals surface area contributed by atoms with E-state index in [9.17, 15) is 9.90 Å². The Morgan fingerprint density at radius 1 is 0.963 bits per heavy atom. The Morgan fingerprint density at radius 2 is 1.56 bits per heavy atom. The normalized spacial score (nSPS) is 14.0. The van der Waals surface area contributed by atoms with Gasteiger partial charge in [-0.15, -0.1) is 0 Å². The van der Waals surface area contributed by atoms with Crippen molar-refractivity contribution in [2.45, 2.75) is 0 Å². The van der Waals surface area contributed by atoms with Gasteiger partial charge in [0, 0.05) is 24.3 Å². The average Bonchev–Trinajstić information content (AvgIpc) is 2.72. The molecule has 0 atom stereocenters. The molecule has 1 aliphatic heterocycles. The van der Waals surface area contributed by atoms with Gasteiger partial charge < -0.3 is 29.0 Å². The number of morpholine rings is 1. The molecule has 7 heteroatoms. The lowest BCUT2D eigenvalue weighted by atomic mass is 9.99. The third-order valence-corrected chi connectivity index (χ3v) is 4.59. The van der Waals surface area contributed by atoms with Crippen LogP contribution in [0, 0.1) is 0 Å². The second kappa shape index (κ2) is 8.18. The zero-order valence-electron chi connectivity index (χ0n) is 15.7.